The van der Waals surface area contributed by atoms with Gasteiger partial charge < -0.3 is 10.6 Å². The highest BCUT2D eigenvalue weighted by molar-refractivity contribution is 5.72. The lowest BCUT2D eigenvalue weighted by Crippen LogP contribution is -2.43. The Morgan fingerprint density at radius 2 is 2.31 bits per heavy atom. The van der Waals surface area contributed by atoms with Crippen LogP contribution < -0.4 is 5.73 Å². The smallest absolute Gasteiger partial charge is 0.314 e. The molecule has 0 aromatic carbocycles. The molecule has 1 rings (SSSR count). The van der Waals surface area contributed by atoms with Gasteiger partial charge in [-0.15, -0.1) is 0 Å². The van der Waals surface area contributed by atoms with Crippen LogP contribution in [-0.2, 0) is 0 Å². The maximum atomic E-state index is 11.2. The third-order valence-corrected chi connectivity index (χ3v) is 2.10. The molecule has 1 fully saturated rings. The third kappa shape index (κ3) is 2.61. The van der Waals surface area contributed by atoms with Crippen LogP contribution in [0.15, 0.2) is 0 Å². The van der Waals surface area contributed by atoms with Crippen LogP contribution in [0, 0.1) is 11.3 Å². The summed E-state index contributed by atoms with van der Waals surface area (Å²) in [5.41, 5.74) is 4.32. The molecular formula is C10H20N2O. The highest BCUT2D eigenvalue weighted by Crippen LogP contribution is 2.33. The minimum atomic E-state index is -2.59. The molecule has 0 saturated carbocycles. The molecule has 3 heteroatoms. The molecule has 1 aliphatic rings. The summed E-state index contributed by atoms with van der Waals surface area (Å²) >= 11 is 0. The van der Waals surface area contributed by atoms with Crippen molar-refractivity contribution in [3.8, 4) is 0 Å². The molecule has 0 spiro atoms. The van der Waals surface area contributed by atoms with Gasteiger partial charge in [-0.2, -0.15) is 0 Å². The molecule has 0 radical (unpaired) electrons. The van der Waals surface area contributed by atoms with Crippen molar-refractivity contribution < 1.29 is 11.6 Å². The van der Waals surface area contributed by atoms with Crippen LogP contribution in [-0.4, -0.2) is 24.0 Å². The Morgan fingerprint density at radius 3 is 2.77 bits per heavy atom. The van der Waals surface area contributed by atoms with Gasteiger partial charge >= 0.3 is 6.03 Å². The molecule has 2 N–H and O–H groups in total. The van der Waals surface area contributed by atoms with Gasteiger partial charge in [0, 0.05) is 19.9 Å². The number of piperidine rings is 1. The van der Waals surface area contributed by atoms with E-state index in [1.165, 1.54) is 0 Å². The molecule has 13 heavy (non-hydrogen) atoms. The molecular weight excluding hydrogens is 164 g/mol. The molecule has 1 atom stereocenters. The second-order valence-corrected chi connectivity index (χ2v) is 4.21. The largest absolute Gasteiger partial charge is 0.351 e. The molecule has 3 nitrogen and oxygen atoms in total. The Labute approximate surface area is 87.3 Å². The average Bonchev–Trinajstić information content (AvgIpc) is 2.12. The predicted octanol–water partition coefficient (Wildman–Crippen LogP) is 1.82. The monoisotopic (exact) mass is 189 g/mol. The molecule has 1 heterocycles. The van der Waals surface area contributed by atoms with Crippen molar-refractivity contribution in [2.24, 2.45) is 17.0 Å². The molecule has 0 aromatic rings. The lowest BCUT2D eigenvalue weighted by atomic mass is 9.75. The van der Waals surface area contributed by atoms with Gasteiger partial charge in [0.25, 0.3) is 0 Å². The number of urea groups is 1. The number of primary amides is 1. The lowest BCUT2D eigenvalue weighted by molar-refractivity contribution is 0.126. The Morgan fingerprint density at radius 1 is 1.69 bits per heavy atom. The number of hydrogen-bond donors (Lipinski definition) is 1. The number of nitrogens with two attached hydrogens (primary N) is 1. The molecule has 1 saturated heterocycles. The molecule has 76 valence electrons. The van der Waals surface area contributed by atoms with Crippen LogP contribution in [0.3, 0.4) is 0 Å². The summed E-state index contributed by atoms with van der Waals surface area (Å²) in [6.45, 7) is 2.46. The van der Waals surface area contributed by atoms with Crippen molar-refractivity contribution in [3.63, 3.8) is 0 Å². The van der Waals surface area contributed by atoms with Crippen molar-refractivity contribution in [2.45, 2.75) is 33.6 Å². The molecule has 2 amide bonds. The molecule has 1 aliphatic heterocycles. The van der Waals surface area contributed by atoms with E-state index in [4.69, 9.17) is 12.6 Å². The summed E-state index contributed by atoms with van der Waals surface area (Å²) in [6, 6.07) is -1.00. The first kappa shape index (κ1) is 5.23. The summed E-state index contributed by atoms with van der Waals surface area (Å²) in [4.78, 5) is 11.9. The van der Waals surface area contributed by atoms with Crippen LogP contribution in [0.5, 0.6) is 0 Å². The standard InChI is InChI=1S/C10H20N2O/c1-10(2,3)8-4-6-12(7-5-8)9(11)13/h8H,4-7H2,1-3H3,(H2,11,13)/i4D2,6D2,8D. The number of carbonyl (C=O) groups excluding carboxylic acids is 1. The average molecular weight is 189 g/mol. The van der Waals surface area contributed by atoms with E-state index < -0.39 is 30.2 Å². The van der Waals surface area contributed by atoms with Gasteiger partial charge in [-0.05, 0) is 24.1 Å². The van der Waals surface area contributed by atoms with Crippen LogP contribution in [0.2, 0.25) is 0 Å². The first-order valence-corrected chi connectivity index (χ1v) is 4.36. The number of nitrogens with zero attached hydrogens (tertiary/aromatic N) is 1. The van der Waals surface area contributed by atoms with Gasteiger partial charge in [-0.3, -0.25) is 0 Å². The maximum Gasteiger partial charge on any atom is 0.314 e. The van der Waals surface area contributed by atoms with Crippen molar-refractivity contribution >= 4 is 6.03 Å². The highest BCUT2D eigenvalue weighted by Gasteiger charge is 2.29. The van der Waals surface area contributed by atoms with E-state index in [-0.39, 0.29) is 13.0 Å². The van der Waals surface area contributed by atoms with Crippen LogP contribution in [0.4, 0.5) is 4.79 Å². The van der Waals surface area contributed by atoms with E-state index in [2.05, 4.69) is 0 Å². The van der Waals surface area contributed by atoms with Crippen molar-refractivity contribution in [1.29, 1.82) is 0 Å². The summed E-state index contributed by atoms with van der Waals surface area (Å²) < 4.78 is 40.1. The quantitative estimate of drug-likeness (QED) is 0.621. The van der Waals surface area contributed by atoms with E-state index in [1.807, 2.05) is 0 Å². The van der Waals surface area contributed by atoms with Gasteiger partial charge in [0.2, 0.25) is 0 Å². The lowest BCUT2D eigenvalue weighted by Gasteiger charge is -2.38. The summed E-state index contributed by atoms with van der Waals surface area (Å²) in [5, 5.41) is 0. The van der Waals surface area contributed by atoms with E-state index in [0.717, 1.165) is 0 Å². The Kier molecular flexibility index (Phi) is 1.43. The van der Waals surface area contributed by atoms with Crippen molar-refractivity contribution in [1.82, 2.24) is 4.90 Å². The number of rotatable bonds is 0. The van der Waals surface area contributed by atoms with Crippen LogP contribution in [0.1, 0.15) is 40.4 Å². The Balaban J connectivity index is 3.33. The van der Waals surface area contributed by atoms with E-state index in [1.54, 1.807) is 20.8 Å². The molecule has 0 bridgehead atoms. The van der Waals surface area contributed by atoms with E-state index in [0.29, 0.717) is 4.90 Å². The first-order valence-electron chi connectivity index (χ1n) is 6.86. The zero-order valence-corrected chi connectivity index (χ0v) is 8.35. The van der Waals surface area contributed by atoms with Gasteiger partial charge in [0.05, 0.1) is 0 Å². The van der Waals surface area contributed by atoms with Crippen LogP contribution in [0.25, 0.3) is 0 Å². The Bertz CT molecular complexity index is 366. The predicted molar refractivity (Wildman–Crippen MR) is 53.3 cm³/mol. The van der Waals surface area contributed by atoms with Gasteiger partial charge in [0.15, 0.2) is 0 Å². The molecule has 0 aliphatic carbocycles. The minimum Gasteiger partial charge on any atom is -0.351 e. The van der Waals surface area contributed by atoms with Gasteiger partial charge in [-0.25, -0.2) is 4.79 Å². The maximum absolute atomic E-state index is 11.2. The number of carbonyl (C=O) groups is 1. The van der Waals surface area contributed by atoms with Gasteiger partial charge in [-0.1, -0.05) is 20.8 Å². The molecule has 1 unspecified atom stereocenters. The first-order chi connectivity index (χ1) is 7.79. The number of hydrogen-bond acceptors (Lipinski definition) is 1. The van der Waals surface area contributed by atoms with Crippen molar-refractivity contribution in [3.05, 3.63) is 0 Å². The summed E-state index contributed by atoms with van der Waals surface area (Å²) in [7, 11) is 0. The fraction of sp³-hybridized carbons (Fsp3) is 0.900. The van der Waals surface area contributed by atoms with E-state index >= 15 is 0 Å². The fourth-order valence-electron chi connectivity index (χ4n) is 1.20. The highest BCUT2D eigenvalue weighted by atomic mass is 16.2. The SMILES string of the molecule is [2H]C1([2H])N(C(N)=O)CCC([2H])(C(C)(C)C)C1([2H])[2H]. The summed E-state index contributed by atoms with van der Waals surface area (Å²) in [6.07, 6.45) is -2.46. The topological polar surface area (TPSA) is 46.3 Å². The number of amides is 2. The molecule has 0 aromatic heterocycles. The second kappa shape index (κ2) is 3.56. The normalized spacial score (nSPS) is 43.6. The van der Waals surface area contributed by atoms with Gasteiger partial charge in [0.1, 0.15) is 0 Å². The summed E-state index contributed by atoms with van der Waals surface area (Å²) in [5.74, 6) is -1.63. The zero-order valence-electron chi connectivity index (χ0n) is 13.3. The second-order valence-electron chi connectivity index (χ2n) is 4.21. The van der Waals surface area contributed by atoms with E-state index in [9.17, 15) is 4.79 Å². The minimum absolute atomic E-state index is 0.0476. The third-order valence-electron chi connectivity index (χ3n) is 2.10. The Hall–Kier alpha value is -0.730. The zero-order chi connectivity index (χ0) is 14.6. The number of likely N-dealkylation sites (tertiary alicyclic amines) is 1. The fourth-order valence-corrected chi connectivity index (χ4v) is 1.20. The van der Waals surface area contributed by atoms with Crippen molar-refractivity contribution in [2.75, 3.05) is 13.0 Å². The van der Waals surface area contributed by atoms with Crippen LogP contribution >= 0.6 is 0 Å².